The Kier molecular flexibility index (Phi) is 5.14. The van der Waals surface area contributed by atoms with Crippen LogP contribution in [0.5, 0.6) is 0 Å². The number of ether oxygens (including phenoxy) is 1. The first-order chi connectivity index (χ1) is 14.0. The van der Waals surface area contributed by atoms with Crippen molar-refractivity contribution in [1.29, 1.82) is 0 Å². The Morgan fingerprint density at radius 1 is 1.34 bits per heavy atom. The van der Waals surface area contributed by atoms with E-state index in [1.165, 1.54) is 12.1 Å². The number of nitro groups is 1. The number of benzene rings is 1. The first-order valence-corrected chi connectivity index (χ1v) is 10.2. The highest BCUT2D eigenvalue weighted by Crippen LogP contribution is 2.29. The Labute approximate surface area is 169 Å². The van der Waals surface area contributed by atoms with Crippen molar-refractivity contribution in [2.45, 2.75) is 45.8 Å². The molecule has 29 heavy (non-hydrogen) atoms. The van der Waals surface area contributed by atoms with E-state index in [2.05, 4.69) is 4.98 Å². The number of thiophene rings is 1. The summed E-state index contributed by atoms with van der Waals surface area (Å²) in [6.45, 7) is 2.30. The second-order valence-electron chi connectivity index (χ2n) is 7.03. The number of carbonyl (C=O) groups excluding carboxylic acids is 1. The van der Waals surface area contributed by atoms with E-state index >= 15 is 0 Å². The molecule has 0 bridgehead atoms. The van der Waals surface area contributed by atoms with Gasteiger partial charge in [-0.3, -0.25) is 19.5 Å². The molecule has 0 unspecified atom stereocenters. The van der Waals surface area contributed by atoms with Crippen LogP contribution < -0.4 is 5.56 Å². The zero-order valence-corrected chi connectivity index (χ0v) is 16.7. The molecular weight excluding hydrogens is 394 g/mol. The van der Waals surface area contributed by atoms with E-state index in [-0.39, 0.29) is 17.9 Å². The Morgan fingerprint density at radius 3 is 2.97 bits per heavy atom. The molecule has 0 radical (unpaired) electrons. The Balaban J connectivity index is 1.62. The third-order valence-electron chi connectivity index (χ3n) is 5.09. The van der Waals surface area contributed by atoms with Gasteiger partial charge in [0.25, 0.3) is 11.2 Å². The lowest BCUT2D eigenvalue weighted by atomic mass is 10.2. The molecule has 150 valence electrons. The summed E-state index contributed by atoms with van der Waals surface area (Å²) in [6.07, 6.45) is 3.78. The van der Waals surface area contributed by atoms with Crippen molar-refractivity contribution in [3.8, 4) is 0 Å². The topological polar surface area (TPSA) is 104 Å². The molecule has 0 saturated heterocycles. The molecule has 0 saturated carbocycles. The molecule has 3 aromatic rings. The minimum atomic E-state index is -0.559. The summed E-state index contributed by atoms with van der Waals surface area (Å²) < 4.78 is 7.09. The fourth-order valence-electron chi connectivity index (χ4n) is 3.58. The van der Waals surface area contributed by atoms with Crippen molar-refractivity contribution in [3.63, 3.8) is 0 Å². The molecule has 0 N–H and O–H groups in total. The molecule has 0 aliphatic carbocycles. The van der Waals surface area contributed by atoms with E-state index in [9.17, 15) is 19.7 Å². The number of hydrogen-bond acceptors (Lipinski definition) is 7. The molecule has 4 rings (SSSR count). The predicted octanol–water partition coefficient (Wildman–Crippen LogP) is 3.76. The number of aryl methyl sites for hydroxylation is 2. The molecular formula is C20H19N3O5S. The Bertz CT molecular complexity index is 1180. The van der Waals surface area contributed by atoms with Gasteiger partial charge >= 0.3 is 5.97 Å². The van der Waals surface area contributed by atoms with Crippen LogP contribution in [-0.2, 0) is 24.3 Å². The lowest BCUT2D eigenvalue weighted by molar-refractivity contribution is -0.384. The van der Waals surface area contributed by atoms with Crippen LogP contribution in [0.15, 0.2) is 29.1 Å². The Morgan fingerprint density at radius 2 is 2.17 bits per heavy atom. The summed E-state index contributed by atoms with van der Waals surface area (Å²) in [5.74, 6) is 0.217. The molecule has 2 aromatic heterocycles. The molecule has 1 aliphatic rings. The van der Waals surface area contributed by atoms with Crippen molar-refractivity contribution < 1.29 is 14.5 Å². The van der Waals surface area contributed by atoms with Crippen LogP contribution in [-0.4, -0.2) is 20.4 Å². The predicted molar refractivity (Wildman–Crippen MR) is 108 cm³/mol. The average Bonchev–Trinajstić information content (AvgIpc) is 2.88. The largest absolute Gasteiger partial charge is 0.457 e. The standard InChI is InChI=1S/C20H19N3O5S/c1-12-16-18(21-15-8-3-2-4-9-22(15)19(16)24)29-17(12)20(25)28-11-13-6-5-7-14(10-13)23(26)27/h5-7,10H,2-4,8-9,11H2,1H3. The van der Waals surface area contributed by atoms with E-state index in [0.29, 0.717) is 32.8 Å². The van der Waals surface area contributed by atoms with Crippen molar-refractivity contribution in [2.75, 3.05) is 0 Å². The first-order valence-electron chi connectivity index (χ1n) is 9.39. The van der Waals surface area contributed by atoms with Gasteiger partial charge in [0.1, 0.15) is 22.1 Å². The fraction of sp³-hybridized carbons (Fsp3) is 0.350. The third kappa shape index (κ3) is 3.65. The lowest BCUT2D eigenvalue weighted by Gasteiger charge is -2.08. The lowest BCUT2D eigenvalue weighted by Crippen LogP contribution is -2.24. The summed E-state index contributed by atoms with van der Waals surface area (Å²) >= 11 is 1.16. The molecule has 0 fully saturated rings. The fourth-order valence-corrected chi connectivity index (χ4v) is 4.66. The van der Waals surface area contributed by atoms with Crippen LogP contribution in [0.25, 0.3) is 10.2 Å². The highest BCUT2D eigenvalue weighted by atomic mass is 32.1. The zero-order chi connectivity index (χ0) is 20.5. The molecule has 8 nitrogen and oxygen atoms in total. The molecule has 0 amide bonds. The molecule has 9 heteroatoms. The highest BCUT2D eigenvalue weighted by Gasteiger charge is 2.23. The van der Waals surface area contributed by atoms with Gasteiger partial charge in [0.05, 0.1) is 10.3 Å². The maximum Gasteiger partial charge on any atom is 0.349 e. The van der Waals surface area contributed by atoms with Gasteiger partial charge < -0.3 is 4.74 Å². The van der Waals surface area contributed by atoms with E-state index < -0.39 is 10.9 Å². The number of carbonyl (C=O) groups is 1. The van der Waals surface area contributed by atoms with E-state index in [4.69, 9.17) is 4.74 Å². The number of non-ortho nitro benzene ring substituents is 1. The highest BCUT2D eigenvalue weighted by molar-refractivity contribution is 7.20. The normalized spacial score (nSPS) is 13.7. The summed E-state index contributed by atoms with van der Waals surface area (Å²) in [5.41, 5.74) is 0.941. The van der Waals surface area contributed by atoms with Gasteiger partial charge in [-0.1, -0.05) is 18.6 Å². The molecule has 0 atom stereocenters. The van der Waals surface area contributed by atoms with Crippen LogP contribution in [0.3, 0.4) is 0 Å². The van der Waals surface area contributed by atoms with Gasteiger partial charge in [-0.05, 0) is 30.9 Å². The average molecular weight is 413 g/mol. The smallest absolute Gasteiger partial charge is 0.349 e. The van der Waals surface area contributed by atoms with Gasteiger partial charge in [-0.2, -0.15) is 0 Å². The van der Waals surface area contributed by atoms with Gasteiger partial charge in [-0.25, -0.2) is 9.78 Å². The first kappa shape index (κ1) is 19.3. The van der Waals surface area contributed by atoms with E-state index in [1.807, 2.05) is 0 Å². The minimum Gasteiger partial charge on any atom is -0.457 e. The van der Waals surface area contributed by atoms with Crippen LogP contribution in [0, 0.1) is 17.0 Å². The molecule has 3 heterocycles. The summed E-state index contributed by atoms with van der Waals surface area (Å²) in [5, 5.41) is 11.4. The quantitative estimate of drug-likeness (QED) is 0.366. The SMILES string of the molecule is Cc1c(C(=O)OCc2cccc([N+](=O)[O-])c2)sc2nc3n(c(=O)c12)CCCCC3. The number of nitro benzene ring substituents is 1. The third-order valence-corrected chi connectivity index (χ3v) is 6.25. The number of esters is 1. The van der Waals surface area contributed by atoms with Gasteiger partial charge in [-0.15, -0.1) is 11.3 Å². The van der Waals surface area contributed by atoms with Gasteiger partial charge in [0.15, 0.2) is 0 Å². The van der Waals surface area contributed by atoms with E-state index in [0.717, 1.165) is 42.8 Å². The number of hydrogen-bond donors (Lipinski definition) is 0. The number of nitrogens with zero attached hydrogens (tertiary/aromatic N) is 3. The van der Waals surface area contributed by atoms with Gasteiger partial charge in [0.2, 0.25) is 0 Å². The van der Waals surface area contributed by atoms with E-state index in [1.54, 1.807) is 23.6 Å². The van der Waals surface area contributed by atoms with Crippen LogP contribution in [0.4, 0.5) is 5.69 Å². The summed E-state index contributed by atoms with van der Waals surface area (Å²) in [4.78, 5) is 41.5. The van der Waals surface area contributed by atoms with Crippen molar-refractivity contribution in [1.82, 2.24) is 9.55 Å². The second kappa shape index (κ2) is 7.75. The second-order valence-corrected chi connectivity index (χ2v) is 8.03. The minimum absolute atomic E-state index is 0.0599. The van der Waals surface area contributed by atoms with Gasteiger partial charge in [0, 0.05) is 25.1 Å². The zero-order valence-electron chi connectivity index (χ0n) is 15.8. The summed E-state index contributed by atoms with van der Waals surface area (Å²) in [6, 6.07) is 5.95. The molecule has 0 spiro atoms. The van der Waals surface area contributed by atoms with Crippen LogP contribution in [0.1, 0.15) is 45.9 Å². The maximum atomic E-state index is 13.0. The number of aromatic nitrogens is 2. The monoisotopic (exact) mass is 413 g/mol. The van der Waals surface area contributed by atoms with Crippen LogP contribution in [0.2, 0.25) is 0 Å². The molecule has 1 aliphatic heterocycles. The number of rotatable bonds is 4. The summed E-state index contributed by atoms with van der Waals surface area (Å²) in [7, 11) is 0. The van der Waals surface area contributed by atoms with Crippen molar-refractivity contribution >= 4 is 33.2 Å². The Hall–Kier alpha value is -3.07. The van der Waals surface area contributed by atoms with Crippen molar-refractivity contribution in [2.24, 2.45) is 0 Å². The molecule has 1 aromatic carbocycles. The maximum absolute atomic E-state index is 13.0. The van der Waals surface area contributed by atoms with Crippen molar-refractivity contribution in [3.05, 3.63) is 66.6 Å². The van der Waals surface area contributed by atoms with Crippen LogP contribution >= 0.6 is 11.3 Å². The number of fused-ring (bicyclic) bond motifs is 2.